The van der Waals surface area contributed by atoms with Crippen molar-refractivity contribution in [3.63, 3.8) is 0 Å². The van der Waals surface area contributed by atoms with Crippen LogP contribution < -0.4 is 0 Å². The first kappa shape index (κ1) is 8.05. The zero-order valence-corrected chi connectivity index (χ0v) is 7.29. The van der Waals surface area contributed by atoms with E-state index in [2.05, 4.69) is 0 Å². The Morgan fingerprint density at radius 2 is 2.00 bits per heavy atom. The van der Waals surface area contributed by atoms with Crippen LogP contribution in [0.25, 0.3) is 0 Å². The molecule has 0 spiro atoms. The fraction of sp³-hybridized carbons (Fsp3) is 0.889. The molecule has 1 aliphatic heterocycles. The van der Waals surface area contributed by atoms with Crippen LogP contribution in [0.4, 0.5) is 0 Å². The molecule has 1 amide bonds. The lowest BCUT2D eigenvalue weighted by atomic mass is 10.2. The molecule has 0 atom stereocenters. The van der Waals surface area contributed by atoms with Gasteiger partial charge in [-0.15, -0.1) is 0 Å². The number of hydrogen-bond donors (Lipinski definition) is 0. The molecular weight excluding hydrogens is 154 g/mol. The van der Waals surface area contributed by atoms with Crippen molar-refractivity contribution < 1.29 is 9.53 Å². The van der Waals surface area contributed by atoms with Gasteiger partial charge < -0.3 is 9.64 Å². The highest BCUT2D eigenvalue weighted by Gasteiger charge is 2.27. The van der Waals surface area contributed by atoms with E-state index in [0.717, 1.165) is 32.7 Å². The quantitative estimate of drug-likeness (QED) is 0.607. The van der Waals surface area contributed by atoms with Crippen LogP contribution in [0.2, 0.25) is 0 Å². The largest absolute Gasteiger partial charge is 0.378 e. The van der Waals surface area contributed by atoms with Gasteiger partial charge in [0, 0.05) is 19.5 Å². The Balaban J connectivity index is 1.76. The van der Waals surface area contributed by atoms with Crippen molar-refractivity contribution >= 4 is 5.91 Å². The highest BCUT2D eigenvalue weighted by atomic mass is 16.5. The summed E-state index contributed by atoms with van der Waals surface area (Å²) >= 11 is 0. The van der Waals surface area contributed by atoms with E-state index in [1.165, 1.54) is 12.8 Å². The maximum atomic E-state index is 11.5. The van der Waals surface area contributed by atoms with Crippen LogP contribution in [0.1, 0.15) is 19.3 Å². The van der Waals surface area contributed by atoms with Crippen molar-refractivity contribution in [3.05, 3.63) is 0 Å². The van der Waals surface area contributed by atoms with Gasteiger partial charge in [0.15, 0.2) is 0 Å². The molecule has 0 aromatic carbocycles. The van der Waals surface area contributed by atoms with Gasteiger partial charge in [-0.3, -0.25) is 4.79 Å². The van der Waals surface area contributed by atoms with Gasteiger partial charge in [0.2, 0.25) is 5.91 Å². The third-order valence-electron chi connectivity index (χ3n) is 2.52. The van der Waals surface area contributed by atoms with E-state index in [1.54, 1.807) is 0 Å². The van der Waals surface area contributed by atoms with E-state index in [9.17, 15) is 4.79 Å². The molecule has 0 radical (unpaired) electrons. The lowest BCUT2D eigenvalue weighted by molar-refractivity contribution is -0.135. The van der Waals surface area contributed by atoms with Crippen molar-refractivity contribution in [1.82, 2.24) is 4.90 Å². The van der Waals surface area contributed by atoms with Gasteiger partial charge in [0.25, 0.3) is 0 Å². The molecule has 0 N–H and O–H groups in total. The lowest BCUT2D eigenvalue weighted by Crippen LogP contribution is -2.40. The molecule has 2 fully saturated rings. The van der Waals surface area contributed by atoms with Gasteiger partial charge in [-0.05, 0) is 18.8 Å². The first-order valence-corrected chi connectivity index (χ1v) is 4.72. The van der Waals surface area contributed by atoms with E-state index < -0.39 is 0 Å². The first-order valence-electron chi connectivity index (χ1n) is 4.72. The monoisotopic (exact) mass is 169 g/mol. The van der Waals surface area contributed by atoms with Crippen LogP contribution in [-0.4, -0.2) is 37.1 Å². The molecule has 3 nitrogen and oxygen atoms in total. The van der Waals surface area contributed by atoms with Crippen LogP contribution in [0.15, 0.2) is 0 Å². The highest BCUT2D eigenvalue weighted by Crippen LogP contribution is 2.32. The number of nitrogens with zero attached hydrogens (tertiary/aromatic N) is 1. The van der Waals surface area contributed by atoms with Gasteiger partial charge in [-0.25, -0.2) is 0 Å². The second-order valence-electron chi connectivity index (χ2n) is 3.64. The van der Waals surface area contributed by atoms with Gasteiger partial charge in [-0.2, -0.15) is 0 Å². The third-order valence-corrected chi connectivity index (χ3v) is 2.52. The first-order chi connectivity index (χ1) is 5.86. The SMILES string of the molecule is O=C(CC1CC1)N1CCOCC1. The van der Waals surface area contributed by atoms with Gasteiger partial charge in [0.05, 0.1) is 13.2 Å². The average molecular weight is 169 g/mol. The Bertz CT molecular complexity index is 171. The molecule has 1 heterocycles. The number of rotatable bonds is 2. The van der Waals surface area contributed by atoms with Crippen molar-refractivity contribution in [2.45, 2.75) is 19.3 Å². The van der Waals surface area contributed by atoms with E-state index in [-0.39, 0.29) is 0 Å². The van der Waals surface area contributed by atoms with E-state index >= 15 is 0 Å². The minimum Gasteiger partial charge on any atom is -0.378 e. The molecule has 12 heavy (non-hydrogen) atoms. The van der Waals surface area contributed by atoms with Gasteiger partial charge in [-0.1, -0.05) is 0 Å². The summed E-state index contributed by atoms with van der Waals surface area (Å²) in [5.41, 5.74) is 0. The Labute approximate surface area is 72.7 Å². The zero-order chi connectivity index (χ0) is 8.39. The number of ether oxygens (including phenoxy) is 1. The summed E-state index contributed by atoms with van der Waals surface area (Å²) in [4.78, 5) is 13.5. The molecule has 1 saturated heterocycles. The van der Waals surface area contributed by atoms with Crippen LogP contribution >= 0.6 is 0 Å². The highest BCUT2D eigenvalue weighted by molar-refractivity contribution is 5.76. The molecule has 68 valence electrons. The maximum absolute atomic E-state index is 11.5. The predicted molar refractivity (Wildman–Crippen MR) is 44.7 cm³/mol. The second kappa shape index (κ2) is 3.44. The Morgan fingerprint density at radius 1 is 1.33 bits per heavy atom. The van der Waals surface area contributed by atoms with Crippen molar-refractivity contribution in [2.24, 2.45) is 5.92 Å². The van der Waals surface area contributed by atoms with Gasteiger partial charge >= 0.3 is 0 Å². The Hall–Kier alpha value is -0.570. The molecule has 0 unspecified atom stereocenters. The number of morpholine rings is 1. The van der Waals surface area contributed by atoms with Crippen molar-refractivity contribution in [2.75, 3.05) is 26.3 Å². The molecule has 0 aromatic heterocycles. The number of carbonyl (C=O) groups is 1. The molecule has 2 rings (SSSR count). The topological polar surface area (TPSA) is 29.5 Å². The summed E-state index contributed by atoms with van der Waals surface area (Å²) in [6.07, 6.45) is 3.30. The summed E-state index contributed by atoms with van der Waals surface area (Å²) in [5.74, 6) is 1.04. The second-order valence-corrected chi connectivity index (χ2v) is 3.64. The van der Waals surface area contributed by atoms with Crippen LogP contribution in [0.3, 0.4) is 0 Å². The molecule has 0 bridgehead atoms. The number of hydrogen-bond acceptors (Lipinski definition) is 2. The lowest BCUT2D eigenvalue weighted by Gasteiger charge is -2.26. The molecule has 0 aromatic rings. The summed E-state index contributed by atoms with van der Waals surface area (Å²) in [6.45, 7) is 3.03. The molecule has 1 aliphatic carbocycles. The smallest absolute Gasteiger partial charge is 0.223 e. The van der Waals surface area contributed by atoms with E-state index in [0.29, 0.717) is 11.8 Å². The normalized spacial score (nSPS) is 24.2. The van der Waals surface area contributed by atoms with Crippen molar-refractivity contribution in [1.29, 1.82) is 0 Å². The van der Waals surface area contributed by atoms with E-state index in [4.69, 9.17) is 4.74 Å². The predicted octanol–water partition coefficient (Wildman–Crippen LogP) is 0.645. The van der Waals surface area contributed by atoms with Crippen LogP contribution in [0, 0.1) is 5.92 Å². The van der Waals surface area contributed by atoms with Crippen molar-refractivity contribution in [3.8, 4) is 0 Å². The maximum Gasteiger partial charge on any atom is 0.223 e. The summed E-state index contributed by atoms with van der Waals surface area (Å²) in [7, 11) is 0. The standard InChI is InChI=1S/C9H15NO2/c11-9(7-8-1-2-8)10-3-5-12-6-4-10/h8H,1-7H2. The minimum absolute atomic E-state index is 0.334. The molecule has 2 aliphatic rings. The van der Waals surface area contributed by atoms with Crippen LogP contribution in [0.5, 0.6) is 0 Å². The van der Waals surface area contributed by atoms with E-state index in [1.807, 2.05) is 4.90 Å². The Kier molecular flexibility index (Phi) is 2.30. The zero-order valence-electron chi connectivity index (χ0n) is 7.29. The number of amides is 1. The molecular formula is C9H15NO2. The van der Waals surface area contributed by atoms with Crippen LogP contribution in [-0.2, 0) is 9.53 Å². The summed E-state index contributed by atoms with van der Waals surface area (Å²) in [6, 6.07) is 0. The molecule has 1 saturated carbocycles. The third kappa shape index (κ3) is 1.97. The molecule has 3 heteroatoms. The fourth-order valence-electron chi connectivity index (χ4n) is 1.51. The minimum atomic E-state index is 0.334. The summed E-state index contributed by atoms with van der Waals surface area (Å²) < 4.78 is 5.18. The average Bonchev–Trinajstić information content (AvgIpc) is 2.90. The summed E-state index contributed by atoms with van der Waals surface area (Å²) in [5, 5.41) is 0. The van der Waals surface area contributed by atoms with Gasteiger partial charge in [0.1, 0.15) is 0 Å². The number of carbonyl (C=O) groups excluding carboxylic acids is 1. The fourth-order valence-corrected chi connectivity index (χ4v) is 1.51. The Morgan fingerprint density at radius 3 is 2.58 bits per heavy atom.